The number of hydrogen-bond donors (Lipinski definition) is 1. The van der Waals surface area contributed by atoms with Gasteiger partial charge in [0.1, 0.15) is 5.60 Å². The van der Waals surface area contributed by atoms with E-state index in [2.05, 4.69) is 24.8 Å². The molecule has 2 saturated heterocycles. The Morgan fingerprint density at radius 2 is 2.24 bits per heavy atom. The second kappa shape index (κ2) is 5.88. The molecule has 0 bridgehead atoms. The fourth-order valence-electron chi connectivity index (χ4n) is 4.71. The van der Waals surface area contributed by atoms with Crippen LogP contribution in [-0.2, 0) is 9.53 Å². The molecule has 0 radical (unpaired) electrons. The Labute approximate surface area is 148 Å². The lowest BCUT2D eigenvalue weighted by Gasteiger charge is -2.50. The van der Waals surface area contributed by atoms with Crippen molar-refractivity contribution >= 4 is 5.91 Å². The maximum atomic E-state index is 11.4. The second-order valence-corrected chi connectivity index (χ2v) is 7.81. The maximum absolute atomic E-state index is 11.4. The van der Waals surface area contributed by atoms with Crippen molar-refractivity contribution < 1.29 is 19.0 Å². The van der Waals surface area contributed by atoms with Crippen LogP contribution >= 0.6 is 0 Å². The van der Waals surface area contributed by atoms with Gasteiger partial charge in [0.05, 0.1) is 25.9 Å². The Balaban J connectivity index is 1.68. The minimum atomic E-state index is -0.377. The molecule has 0 aliphatic carbocycles. The van der Waals surface area contributed by atoms with Crippen LogP contribution in [-0.4, -0.2) is 48.8 Å². The summed E-state index contributed by atoms with van der Waals surface area (Å²) < 4.78 is 18.4. The first-order chi connectivity index (χ1) is 11.9. The number of nitrogens with zero attached hydrogens (tertiary/aromatic N) is 1. The topological polar surface area (TPSA) is 74.0 Å². The van der Waals surface area contributed by atoms with E-state index in [1.165, 1.54) is 0 Å². The molecule has 3 aliphatic heterocycles. The van der Waals surface area contributed by atoms with Gasteiger partial charge in [-0.3, -0.25) is 9.69 Å². The molecular weight excluding hydrogens is 320 g/mol. The fourth-order valence-corrected chi connectivity index (χ4v) is 4.71. The number of rotatable bonds is 3. The highest BCUT2D eigenvalue weighted by molar-refractivity contribution is 5.76. The van der Waals surface area contributed by atoms with Crippen LogP contribution in [0, 0.1) is 5.92 Å². The van der Waals surface area contributed by atoms with Crippen molar-refractivity contribution in [3.8, 4) is 11.5 Å². The van der Waals surface area contributed by atoms with Gasteiger partial charge in [0.25, 0.3) is 0 Å². The third kappa shape index (κ3) is 2.68. The largest absolute Gasteiger partial charge is 0.493 e. The standard InChI is InChI=1S/C19H26N2O4/c1-19(2)12-9-13-14(7-8-21(13)10-16(20)22)24-17(12)11-5-4-6-15(23-3)18(11)25-19/h4-6,12-14,17H,7-10H2,1-3H3,(H2,20,22)/t12-,13+,14-,17+/m0/s1. The molecule has 0 saturated carbocycles. The van der Waals surface area contributed by atoms with Gasteiger partial charge in [-0.25, -0.2) is 0 Å². The highest BCUT2D eigenvalue weighted by Gasteiger charge is 2.53. The Morgan fingerprint density at radius 3 is 2.96 bits per heavy atom. The number of ether oxygens (including phenoxy) is 3. The van der Waals surface area contributed by atoms with E-state index in [-0.39, 0.29) is 35.7 Å². The molecule has 25 heavy (non-hydrogen) atoms. The minimum absolute atomic E-state index is 0.0105. The van der Waals surface area contributed by atoms with E-state index in [9.17, 15) is 4.79 Å². The van der Waals surface area contributed by atoms with Crippen molar-refractivity contribution in [3.63, 3.8) is 0 Å². The number of methoxy groups -OCH3 is 1. The van der Waals surface area contributed by atoms with E-state index in [0.717, 1.165) is 36.4 Å². The first kappa shape index (κ1) is 16.7. The lowest BCUT2D eigenvalue weighted by molar-refractivity contribution is -0.163. The van der Waals surface area contributed by atoms with E-state index in [1.54, 1.807) is 7.11 Å². The van der Waals surface area contributed by atoms with Gasteiger partial charge in [-0.2, -0.15) is 0 Å². The molecule has 6 heteroatoms. The van der Waals surface area contributed by atoms with Crippen molar-refractivity contribution in [1.29, 1.82) is 0 Å². The number of para-hydroxylation sites is 1. The molecule has 4 rings (SSSR count). The summed E-state index contributed by atoms with van der Waals surface area (Å²) in [5.74, 6) is 1.47. The first-order valence-corrected chi connectivity index (χ1v) is 8.94. The predicted octanol–water partition coefficient (Wildman–Crippen LogP) is 1.87. The van der Waals surface area contributed by atoms with Crippen LogP contribution in [0.2, 0.25) is 0 Å². The summed E-state index contributed by atoms with van der Waals surface area (Å²) >= 11 is 0. The van der Waals surface area contributed by atoms with Crippen molar-refractivity contribution in [1.82, 2.24) is 4.90 Å². The zero-order valence-corrected chi connectivity index (χ0v) is 15.0. The Bertz CT molecular complexity index is 690. The third-order valence-electron chi connectivity index (χ3n) is 5.93. The van der Waals surface area contributed by atoms with Gasteiger partial charge in [0, 0.05) is 24.1 Å². The van der Waals surface area contributed by atoms with E-state index in [4.69, 9.17) is 19.9 Å². The highest BCUT2D eigenvalue weighted by Crippen LogP contribution is 2.54. The van der Waals surface area contributed by atoms with Gasteiger partial charge in [0.15, 0.2) is 11.5 Å². The molecule has 6 nitrogen and oxygen atoms in total. The van der Waals surface area contributed by atoms with E-state index >= 15 is 0 Å². The van der Waals surface area contributed by atoms with Crippen molar-refractivity contribution in [3.05, 3.63) is 23.8 Å². The average molecular weight is 346 g/mol. The number of carbonyl (C=O) groups is 1. The number of benzene rings is 1. The van der Waals surface area contributed by atoms with Crippen LogP contribution in [0.3, 0.4) is 0 Å². The van der Waals surface area contributed by atoms with Crippen LogP contribution in [0.1, 0.15) is 38.4 Å². The Morgan fingerprint density at radius 1 is 1.44 bits per heavy atom. The third-order valence-corrected chi connectivity index (χ3v) is 5.93. The van der Waals surface area contributed by atoms with E-state index < -0.39 is 0 Å². The SMILES string of the molecule is COc1cccc2c1OC(C)(C)[C@H]1C[C@@H]3[C@H](CCN3CC(N)=O)O[C@H]21. The van der Waals surface area contributed by atoms with Crippen LogP contribution in [0.4, 0.5) is 0 Å². The van der Waals surface area contributed by atoms with E-state index in [0.29, 0.717) is 6.54 Å². The van der Waals surface area contributed by atoms with Gasteiger partial charge >= 0.3 is 0 Å². The quantitative estimate of drug-likeness (QED) is 0.904. The fraction of sp³-hybridized carbons (Fsp3) is 0.632. The normalized spacial score (nSPS) is 32.9. The molecule has 0 unspecified atom stereocenters. The monoisotopic (exact) mass is 346 g/mol. The summed E-state index contributed by atoms with van der Waals surface area (Å²) in [5, 5.41) is 0. The smallest absolute Gasteiger partial charge is 0.231 e. The first-order valence-electron chi connectivity index (χ1n) is 8.94. The zero-order chi connectivity index (χ0) is 17.8. The lowest BCUT2D eigenvalue weighted by Crippen LogP contribution is -2.54. The number of nitrogens with two attached hydrogens (primary N) is 1. The highest BCUT2D eigenvalue weighted by atomic mass is 16.5. The van der Waals surface area contributed by atoms with Gasteiger partial charge in [-0.15, -0.1) is 0 Å². The number of primary amides is 1. The van der Waals surface area contributed by atoms with Crippen LogP contribution in [0.5, 0.6) is 11.5 Å². The summed E-state index contributed by atoms with van der Waals surface area (Å²) in [4.78, 5) is 13.5. The Hall–Kier alpha value is -1.79. The average Bonchev–Trinajstić information content (AvgIpc) is 2.94. The molecule has 136 valence electrons. The molecule has 4 atom stereocenters. The van der Waals surface area contributed by atoms with Gasteiger partial charge in [-0.1, -0.05) is 12.1 Å². The number of hydrogen-bond acceptors (Lipinski definition) is 5. The summed E-state index contributed by atoms with van der Waals surface area (Å²) in [7, 11) is 1.66. The predicted molar refractivity (Wildman–Crippen MR) is 92.6 cm³/mol. The number of fused-ring (bicyclic) bond motifs is 4. The molecule has 1 aromatic carbocycles. The molecule has 1 amide bonds. The number of carbonyl (C=O) groups excluding carboxylic acids is 1. The minimum Gasteiger partial charge on any atom is -0.493 e. The van der Waals surface area contributed by atoms with Gasteiger partial charge in [-0.05, 0) is 32.8 Å². The van der Waals surface area contributed by atoms with Gasteiger partial charge < -0.3 is 19.9 Å². The molecule has 1 aromatic rings. The Kier molecular flexibility index (Phi) is 3.92. The summed E-state index contributed by atoms with van der Waals surface area (Å²) in [6, 6.07) is 6.20. The molecule has 0 spiro atoms. The van der Waals surface area contributed by atoms with Crippen molar-refractivity contribution in [2.45, 2.75) is 50.5 Å². The second-order valence-electron chi connectivity index (χ2n) is 7.81. The van der Waals surface area contributed by atoms with E-state index in [1.807, 2.05) is 12.1 Å². The summed E-state index contributed by atoms with van der Waals surface area (Å²) in [5.41, 5.74) is 6.10. The summed E-state index contributed by atoms with van der Waals surface area (Å²) in [6.07, 6.45) is 1.99. The molecule has 3 aliphatic rings. The number of amides is 1. The van der Waals surface area contributed by atoms with Crippen LogP contribution < -0.4 is 15.2 Å². The van der Waals surface area contributed by atoms with Crippen LogP contribution in [0.15, 0.2) is 18.2 Å². The van der Waals surface area contributed by atoms with Crippen molar-refractivity contribution in [2.24, 2.45) is 11.7 Å². The molecular formula is C19H26N2O4. The maximum Gasteiger partial charge on any atom is 0.231 e. The van der Waals surface area contributed by atoms with Crippen molar-refractivity contribution in [2.75, 3.05) is 20.2 Å². The molecule has 2 N–H and O–H groups in total. The molecule has 2 fully saturated rings. The summed E-state index contributed by atoms with van der Waals surface area (Å²) in [6.45, 7) is 5.37. The molecule has 3 heterocycles. The lowest BCUT2D eigenvalue weighted by atomic mass is 9.74. The molecule has 0 aromatic heterocycles. The van der Waals surface area contributed by atoms with Crippen LogP contribution in [0.25, 0.3) is 0 Å². The zero-order valence-electron chi connectivity index (χ0n) is 15.0. The van der Waals surface area contributed by atoms with Gasteiger partial charge in [0.2, 0.25) is 5.91 Å². The number of likely N-dealkylation sites (tertiary alicyclic amines) is 1.